The molecule has 4 bridgehead atoms. The van der Waals surface area contributed by atoms with Crippen LogP contribution in [0.3, 0.4) is 0 Å². The Morgan fingerprint density at radius 3 is 2.59 bits per heavy atom. The molecule has 4 aliphatic rings. The molecule has 0 spiro atoms. The number of nitriles is 1. The number of ether oxygens (including phenoxy) is 1. The molecule has 0 saturated heterocycles. The zero-order chi connectivity index (χ0) is 23.9. The largest absolute Gasteiger partial charge is 0.573 e. The topological polar surface area (TPSA) is 109 Å². The van der Waals surface area contributed by atoms with Crippen LogP contribution in [-0.4, -0.2) is 28.9 Å². The highest BCUT2D eigenvalue weighted by atomic mass is 19.4. The van der Waals surface area contributed by atoms with Gasteiger partial charge in [-0.2, -0.15) is 10.2 Å². The molecule has 1 aromatic heterocycles. The summed E-state index contributed by atoms with van der Waals surface area (Å²) in [7, 11) is 0. The van der Waals surface area contributed by atoms with Crippen LogP contribution in [0.1, 0.15) is 43.2 Å². The number of para-hydroxylation sites is 1. The Balaban J connectivity index is 1.28. The number of nitrogens with two attached hydrogens (primary N) is 1. The quantitative estimate of drug-likeness (QED) is 0.547. The highest BCUT2D eigenvalue weighted by molar-refractivity contribution is 5.53. The fourth-order valence-electron chi connectivity index (χ4n) is 6.45. The molecular formula is C24H27F3N6O. The summed E-state index contributed by atoms with van der Waals surface area (Å²) in [6.45, 7) is 0.751. The first-order valence-electron chi connectivity index (χ1n) is 11.6. The molecule has 10 heteroatoms. The van der Waals surface area contributed by atoms with Crippen molar-refractivity contribution >= 4 is 11.8 Å². The van der Waals surface area contributed by atoms with Gasteiger partial charge in [0.15, 0.2) is 0 Å². The standard InChI is InChI=1S/C24H27F3N6O/c25-24(26,27)34-19-4-2-1-3-15(19)11-30-22-31-12-18(10-28)21(33-22)32-13-23-7-14-5-16(8-23)20(29)17(6-14)9-23/h1-4,12,14,16-17,20H,5-9,11,13,29H2,(H2,30,31,32,33)/t14?,16-,17+,20?,23?. The molecule has 4 saturated carbocycles. The number of nitrogens with zero attached hydrogens (tertiary/aromatic N) is 3. The zero-order valence-corrected chi connectivity index (χ0v) is 18.6. The number of nitrogens with one attached hydrogen (secondary N) is 2. The fourth-order valence-corrected chi connectivity index (χ4v) is 6.45. The Labute approximate surface area is 195 Å². The van der Waals surface area contributed by atoms with Crippen molar-refractivity contribution in [1.29, 1.82) is 5.26 Å². The summed E-state index contributed by atoms with van der Waals surface area (Å²) < 4.78 is 42.1. The average molecular weight is 473 g/mol. The van der Waals surface area contributed by atoms with Crippen molar-refractivity contribution in [3.8, 4) is 11.8 Å². The maximum absolute atomic E-state index is 12.7. The van der Waals surface area contributed by atoms with E-state index in [9.17, 15) is 18.4 Å². The third-order valence-electron chi connectivity index (χ3n) is 7.65. The van der Waals surface area contributed by atoms with Crippen molar-refractivity contribution in [3.63, 3.8) is 0 Å². The molecule has 4 fully saturated rings. The smallest absolute Gasteiger partial charge is 0.405 e. The molecule has 3 unspecified atom stereocenters. The van der Waals surface area contributed by atoms with Crippen molar-refractivity contribution in [2.45, 2.75) is 51.1 Å². The maximum atomic E-state index is 12.7. The van der Waals surface area contributed by atoms with E-state index < -0.39 is 6.36 Å². The minimum atomic E-state index is -4.78. The minimum Gasteiger partial charge on any atom is -0.405 e. The number of hydrogen-bond acceptors (Lipinski definition) is 7. The number of hydrogen-bond donors (Lipinski definition) is 3. The average Bonchev–Trinajstić information content (AvgIpc) is 2.79. The van der Waals surface area contributed by atoms with E-state index in [1.807, 2.05) is 0 Å². The molecule has 1 aromatic carbocycles. The molecule has 0 amide bonds. The van der Waals surface area contributed by atoms with E-state index >= 15 is 0 Å². The number of halogens is 3. The normalized spacial score (nSPS) is 29.5. The Hall–Kier alpha value is -3.06. The predicted molar refractivity (Wildman–Crippen MR) is 120 cm³/mol. The summed E-state index contributed by atoms with van der Waals surface area (Å²) in [4.78, 5) is 8.60. The van der Waals surface area contributed by atoms with Gasteiger partial charge in [0, 0.05) is 24.7 Å². The van der Waals surface area contributed by atoms with Gasteiger partial charge in [-0.15, -0.1) is 13.2 Å². The van der Waals surface area contributed by atoms with Gasteiger partial charge in [0.05, 0.1) is 6.20 Å². The number of anilines is 2. The van der Waals surface area contributed by atoms with Crippen LogP contribution in [0.5, 0.6) is 5.75 Å². The first-order valence-corrected chi connectivity index (χ1v) is 11.6. The molecule has 1 heterocycles. The van der Waals surface area contributed by atoms with Crippen molar-refractivity contribution in [2.75, 3.05) is 17.2 Å². The fraction of sp³-hybridized carbons (Fsp3) is 0.542. The van der Waals surface area contributed by atoms with E-state index in [2.05, 4.69) is 31.4 Å². The Bertz CT molecular complexity index is 1080. The van der Waals surface area contributed by atoms with Crippen LogP contribution in [0.25, 0.3) is 0 Å². The van der Waals surface area contributed by atoms with E-state index in [0.29, 0.717) is 34.8 Å². The molecule has 6 rings (SSSR count). The molecule has 5 atom stereocenters. The van der Waals surface area contributed by atoms with Gasteiger partial charge in [-0.25, -0.2) is 4.98 Å². The van der Waals surface area contributed by atoms with E-state index in [1.165, 1.54) is 43.7 Å². The monoisotopic (exact) mass is 472 g/mol. The number of aromatic nitrogens is 2. The SMILES string of the molecule is N#Cc1cnc(NCc2ccccc2OC(F)(F)F)nc1NCC12CC3C[C@H](C1)C(N)[C@@H](C3)C2. The van der Waals surface area contributed by atoms with Crippen molar-refractivity contribution in [2.24, 2.45) is 28.9 Å². The molecule has 180 valence electrons. The number of benzene rings is 1. The highest BCUT2D eigenvalue weighted by Crippen LogP contribution is 2.59. The van der Waals surface area contributed by atoms with E-state index in [0.717, 1.165) is 25.3 Å². The van der Waals surface area contributed by atoms with Crippen LogP contribution < -0.4 is 21.1 Å². The van der Waals surface area contributed by atoms with Gasteiger partial charge in [-0.1, -0.05) is 18.2 Å². The lowest BCUT2D eigenvalue weighted by molar-refractivity contribution is -0.274. The summed E-state index contributed by atoms with van der Waals surface area (Å²) in [6.07, 6.45) is 2.47. The second-order valence-electron chi connectivity index (χ2n) is 9.98. The van der Waals surface area contributed by atoms with Crippen LogP contribution in [0.2, 0.25) is 0 Å². The minimum absolute atomic E-state index is 0.0322. The molecule has 0 radical (unpaired) electrons. The Kier molecular flexibility index (Phi) is 5.76. The van der Waals surface area contributed by atoms with Crippen LogP contribution in [0.15, 0.2) is 30.5 Å². The van der Waals surface area contributed by atoms with Crippen LogP contribution >= 0.6 is 0 Å². The van der Waals surface area contributed by atoms with Crippen LogP contribution in [-0.2, 0) is 6.54 Å². The third-order valence-corrected chi connectivity index (χ3v) is 7.65. The molecule has 2 aromatic rings. The first-order chi connectivity index (χ1) is 16.2. The zero-order valence-electron chi connectivity index (χ0n) is 18.6. The van der Waals surface area contributed by atoms with E-state index in [4.69, 9.17) is 5.73 Å². The Morgan fingerprint density at radius 1 is 1.15 bits per heavy atom. The molecule has 4 aliphatic carbocycles. The maximum Gasteiger partial charge on any atom is 0.573 e. The summed E-state index contributed by atoms with van der Waals surface area (Å²) in [5, 5.41) is 15.9. The van der Waals surface area contributed by atoms with Crippen molar-refractivity contribution in [3.05, 3.63) is 41.6 Å². The second-order valence-corrected chi connectivity index (χ2v) is 9.98. The lowest BCUT2D eigenvalue weighted by Crippen LogP contribution is -2.58. The summed E-state index contributed by atoms with van der Waals surface area (Å²) in [6, 6.07) is 8.32. The third kappa shape index (κ3) is 4.62. The van der Waals surface area contributed by atoms with Gasteiger partial charge >= 0.3 is 6.36 Å². The first kappa shape index (κ1) is 22.7. The van der Waals surface area contributed by atoms with E-state index in [-0.39, 0.29) is 23.7 Å². The number of alkyl halides is 3. The van der Waals surface area contributed by atoms with Crippen molar-refractivity contribution < 1.29 is 17.9 Å². The second kappa shape index (κ2) is 8.62. The molecule has 4 N–H and O–H groups in total. The summed E-state index contributed by atoms with van der Waals surface area (Å²) in [5.41, 5.74) is 7.27. The van der Waals surface area contributed by atoms with Gasteiger partial charge < -0.3 is 21.1 Å². The molecule has 34 heavy (non-hydrogen) atoms. The molecular weight excluding hydrogens is 445 g/mol. The van der Waals surface area contributed by atoms with Gasteiger partial charge in [0.1, 0.15) is 23.2 Å². The highest BCUT2D eigenvalue weighted by Gasteiger charge is 2.54. The Morgan fingerprint density at radius 2 is 1.88 bits per heavy atom. The predicted octanol–water partition coefficient (Wildman–Crippen LogP) is 4.42. The summed E-state index contributed by atoms with van der Waals surface area (Å²) >= 11 is 0. The summed E-state index contributed by atoms with van der Waals surface area (Å²) in [5.74, 6) is 2.25. The van der Waals surface area contributed by atoms with Gasteiger partial charge in [-0.3, -0.25) is 0 Å². The van der Waals surface area contributed by atoms with Gasteiger partial charge in [-0.05, 0) is 61.3 Å². The molecule has 7 nitrogen and oxygen atoms in total. The number of rotatable bonds is 7. The van der Waals surface area contributed by atoms with Crippen LogP contribution in [0.4, 0.5) is 24.9 Å². The molecule has 0 aliphatic heterocycles. The van der Waals surface area contributed by atoms with E-state index in [1.54, 1.807) is 6.07 Å². The van der Waals surface area contributed by atoms with Crippen LogP contribution in [0, 0.1) is 34.5 Å². The van der Waals surface area contributed by atoms with Gasteiger partial charge in [0.2, 0.25) is 5.95 Å². The lowest BCUT2D eigenvalue weighted by atomic mass is 9.48. The van der Waals surface area contributed by atoms with Gasteiger partial charge in [0.25, 0.3) is 0 Å². The van der Waals surface area contributed by atoms with Crippen molar-refractivity contribution in [1.82, 2.24) is 9.97 Å². The lowest BCUT2D eigenvalue weighted by Gasteiger charge is -2.59.